The van der Waals surface area contributed by atoms with Gasteiger partial charge in [-0.05, 0) is 12.1 Å². The predicted molar refractivity (Wildman–Crippen MR) is 77.6 cm³/mol. The van der Waals surface area contributed by atoms with Crippen molar-refractivity contribution in [2.45, 2.75) is 6.42 Å². The Balaban J connectivity index is 0. The second kappa shape index (κ2) is 9.10. The van der Waals surface area contributed by atoms with Gasteiger partial charge in [0.15, 0.2) is 0 Å². The van der Waals surface area contributed by atoms with Crippen molar-refractivity contribution >= 4 is 42.1 Å². The van der Waals surface area contributed by atoms with Crippen LogP contribution in [0.25, 0.3) is 0 Å². The van der Waals surface area contributed by atoms with Gasteiger partial charge in [0.2, 0.25) is 5.91 Å². The number of nitrogens with one attached hydrogen (secondary N) is 1. The van der Waals surface area contributed by atoms with Crippen LogP contribution in [0.5, 0.6) is 0 Å². The SMILES string of the molecule is CN(C)c1ccccc1NC(=O)CCN.Cl.Cl. The van der Waals surface area contributed by atoms with E-state index in [0.717, 1.165) is 11.4 Å². The van der Waals surface area contributed by atoms with Gasteiger partial charge in [-0.15, -0.1) is 24.8 Å². The van der Waals surface area contributed by atoms with Gasteiger partial charge in [0.05, 0.1) is 11.4 Å². The Kier molecular flexibility index (Phi) is 9.85. The van der Waals surface area contributed by atoms with Crippen LogP contribution >= 0.6 is 24.8 Å². The predicted octanol–water partition coefficient (Wildman–Crippen LogP) is 1.88. The molecule has 0 saturated heterocycles. The summed E-state index contributed by atoms with van der Waals surface area (Å²) in [6.45, 7) is 0.371. The summed E-state index contributed by atoms with van der Waals surface area (Å²) in [5.74, 6) is -0.0493. The lowest BCUT2D eigenvalue weighted by atomic mass is 10.2. The number of para-hydroxylation sites is 2. The molecule has 0 atom stereocenters. The number of nitrogens with zero attached hydrogens (tertiary/aromatic N) is 1. The Labute approximate surface area is 114 Å². The van der Waals surface area contributed by atoms with E-state index in [0.29, 0.717) is 13.0 Å². The number of nitrogens with two attached hydrogens (primary N) is 1. The molecule has 0 bridgehead atoms. The summed E-state index contributed by atoms with van der Waals surface area (Å²) in [5, 5.41) is 2.83. The monoisotopic (exact) mass is 279 g/mol. The maximum atomic E-state index is 11.4. The third-order valence-electron chi connectivity index (χ3n) is 2.03. The Bertz CT molecular complexity index is 345. The molecule has 6 heteroatoms. The second-order valence-electron chi connectivity index (χ2n) is 3.50. The quantitative estimate of drug-likeness (QED) is 0.885. The first-order valence-corrected chi connectivity index (χ1v) is 4.91. The van der Waals surface area contributed by atoms with E-state index in [4.69, 9.17) is 5.73 Å². The van der Waals surface area contributed by atoms with Crippen molar-refractivity contribution in [3.8, 4) is 0 Å². The van der Waals surface area contributed by atoms with E-state index >= 15 is 0 Å². The average molecular weight is 280 g/mol. The molecule has 4 nitrogen and oxygen atoms in total. The summed E-state index contributed by atoms with van der Waals surface area (Å²) < 4.78 is 0. The van der Waals surface area contributed by atoms with Gasteiger partial charge in [-0.2, -0.15) is 0 Å². The van der Waals surface area contributed by atoms with E-state index in [1.807, 2.05) is 43.3 Å². The van der Waals surface area contributed by atoms with Gasteiger partial charge in [-0.3, -0.25) is 4.79 Å². The Morgan fingerprint density at radius 3 is 2.41 bits per heavy atom. The minimum atomic E-state index is -0.0493. The van der Waals surface area contributed by atoms with Crippen LogP contribution in [-0.2, 0) is 4.79 Å². The van der Waals surface area contributed by atoms with E-state index in [9.17, 15) is 4.79 Å². The summed E-state index contributed by atoms with van der Waals surface area (Å²) in [6.07, 6.45) is 0.349. The van der Waals surface area contributed by atoms with Crippen molar-refractivity contribution in [1.82, 2.24) is 0 Å². The first-order chi connectivity index (χ1) is 7.15. The van der Waals surface area contributed by atoms with Gasteiger partial charge in [0.25, 0.3) is 0 Å². The molecule has 1 amide bonds. The molecular weight excluding hydrogens is 261 g/mol. The maximum absolute atomic E-state index is 11.4. The molecular formula is C11H19Cl2N3O. The standard InChI is InChI=1S/C11H17N3O.2ClH/c1-14(2)10-6-4-3-5-9(10)13-11(15)7-8-12;;/h3-6H,7-8,12H2,1-2H3,(H,13,15);2*1H. The number of amides is 1. The summed E-state index contributed by atoms with van der Waals surface area (Å²) in [5.41, 5.74) is 7.12. The van der Waals surface area contributed by atoms with Crippen LogP contribution in [-0.4, -0.2) is 26.5 Å². The zero-order valence-electron chi connectivity index (χ0n) is 9.97. The number of benzene rings is 1. The minimum Gasteiger partial charge on any atom is -0.376 e. The van der Waals surface area contributed by atoms with Gasteiger partial charge in [-0.1, -0.05) is 12.1 Å². The molecule has 0 saturated carbocycles. The highest BCUT2D eigenvalue weighted by atomic mass is 35.5. The molecule has 1 aromatic rings. The molecule has 1 rings (SSSR count). The number of carbonyl (C=O) groups excluding carboxylic acids is 1. The number of hydrogen-bond acceptors (Lipinski definition) is 3. The molecule has 17 heavy (non-hydrogen) atoms. The average Bonchev–Trinajstić information content (AvgIpc) is 2.18. The molecule has 0 aliphatic rings. The number of anilines is 2. The first-order valence-electron chi connectivity index (χ1n) is 4.91. The van der Waals surface area contributed by atoms with Crippen LogP contribution in [0.15, 0.2) is 24.3 Å². The van der Waals surface area contributed by atoms with Crippen molar-refractivity contribution in [2.24, 2.45) is 5.73 Å². The van der Waals surface area contributed by atoms with Crippen molar-refractivity contribution in [1.29, 1.82) is 0 Å². The van der Waals surface area contributed by atoms with Crippen molar-refractivity contribution in [3.63, 3.8) is 0 Å². The summed E-state index contributed by atoms with van der Waals surface area (Å²) in [7, 11) is 3.88. The fourth-order valence-electron chi connectivity index (χ4n) is 1.31. The minimum absolute atomic E-state index is 0. The van der Waals surface area contributed by atoms with E-state index in [1.54, 1.807) is 0 Å². The molecule has 0 aliphatic carbocycles. The molecule has 0 fully saturated rings. The topological polar surface area (TPSA) is 58.4 Å². The van der Waals surface area contributed by atoms with Crippen LogP contribution in [0.3, 0.4) is 0 Å². The van der Waals surface area contributed by atoms with Crippen molar-refractivity contribution in [3.05, 3.63) is 24.3 Å². The third kappa shape index (κ3) is 5.77. The van der Waals surface area contributed by atoms with Gasteiger partial charge >= 0.3 is 0 Å². The lowest BCUT2D eigenvalue weighted by Crippen LogP contribution is -2.18. The number of carbonyl (C=O) groups is 1. The van der Waals surface area contributed by atoms with Gasteiger partial charge in [0, 0.05) is 27.1 Å². The number of hydrogen-bond donors (Lipinski definition) is 2. The van der Waals surface area contributed by atoms with Gasteiger partial charge in [0.1, 0.15) is 0 Å². The molecule has 0 radical (unpaired) electrons. The van der Waals surface area contributed by atoms with Crippen LogP contribution in [0.1, 0.15) is 6.42 Å². The van der Waals surface area contributed by atoms with E-state index < -0.39 is 0 Å². The highest BCUT2D eigenvalue weighted by Gasteiger charge is 2.06. The molecule has 0 unspecified atom stereocenters. The largest absolute Gasteiger partial charge is 0.376 e. The van der Waals surface area contributed by atoms with Crippen LogP contribution in [0.2, 0.25) is 0 Å². The molecule has 0 spiro atoms. The Morgan fingerprint density at radius 2 is 1.88 bits per heavy atom. The maximum Gasteiger partial charge on any atom is 0.225 e. The molecule has 0 aromatic heterocycles. The molecule has 0 heterocycles. The lowest BCUT2D eigenvalue weighted by Gasteiger charge is -2.17. The highest BCUT2D eigenvalue weighted by Crippen LogP contribution is 2.23. The van der Waals surface area contributed by atoms with Gasteiger partial charge in [-0.25, -0.2) is 0 Å². The number of rotatable bonds is 4. The van der Waals surface area contributed by atoms with Crippen LogP contribution in [0, 0.1) is 0 Å². The fraction of sp³-hybridized carbons (Fsp3) is 0.364. The van der Waals surface area contributed by atoms with E-state index in [1.165, 1.54) is 0 Å². The molecule has 3 N–H and O–H groups in total. The van der Waals surface area contributed by atoms with Crippen LogP contribution < -0.4 is 16.0 Å². The number of halogens is 2. The van der Waals surface area contributed by atoms with E-state index in [2.05, 4.69) is 5.32 Å². The lowest BCUT2D eigenvalue weighted by molar-refractivity contribution is -0.116. The first kappa shape index (κ1) is 18.4. The highest BCUT2D eigenvalue weighted by molar-refractivity contribution is 5.94. The van der Waals surface area contributed by atoms with Gasteiger partial charge < -0.3 is 16.0 Å². The fourth-order valence-corrected chi connectivity index (χ4v) is 1.31. The normalized spacial score (nSPS) is 8.65. The smallest absolute Gasteiger partial charge is 0.225 e. The Hall–Kier alpha value is -0.970. The summed E-state index contributed by atoms with van der Waals surface area (Å²) >= 11 is 0. The molecule has 1 aromatic carbocycles. The Morgan fingerprint density at radius 1 is 1.29 bits per heavy atom. The van der Waals surface area contributed by atoms with Crippen molar-refractivity contribution in [2.75, 3.05) is 30.9 Å². The summed E-state index contributed by atoms with van der Waals surface area (Å²) in [6, 6.07) is 7.67. The third-order valence-corrected chi connectivity index (χ3v) is 2.03. The zero-order valence-corrected chi connectivity index (χ0v) is 11.6. The van der Waals surface area contributed by atoms with E-state index in [-0.39, 0.29) is 30.7 Å². The van der Waals surface area contributed by atoms with Crippen molar-refractivity contribution < 1.29 is 4.79 Å². The summed E-state index contributed by atoms with van der Waals surface area (Å²) in [4.78, 5) is 13.3. The zero-order chi connectivity index (χ0) is 11.3. The second-order valence-corrected chi connectivity index (χ2v) is 3.50. The van der Waals surface area contributed by atoms with Crippen LogP contribution in [0.4, 0.5) is 11.4 Å². The molecule has 0 aliphatic heterocycles. The molecule has 98 valence electrons.